The Hall–Kier alpha value is -1.35. The third kappa shape index (κ3) is 5.88. The normalized spacial score (nSPS) is 18.4. The van der Waals surface area contributed by atoms with Crippen molar-refractivity contribution in [1.29, 1.82) is 0 Å². The van der Waals surface area contributed by atoms with Crippen molar-refractivity contribution in [1.82, 2.24) is 10.6 Å². The number of sulfone groups is 1. The molecule has 1 aliphatic carbocycles. The lowest BCUT2D eigenvalue weighted by Crippen LogP contribution is -2.53. The summed E-state index contributed by atoms with van der Waals surface area (Å²) in [5.41, 5.74) is -0.358. The number of urea groups is 1. The van der Waals surface area contributed by atoms with Gasteiger partial charge >= 0.3 is 12.0 Å². The van der Waals surface area contributed by atoms with Gasteiger partial charge in [-0.3, -0.25) is 0 Å². The summed E-state index contributed by atoms with van der Waals surface area (Å²) < 4.78 is 27.4. The smallest absolute Gasteiger partial charge is 0.326 e. The monoisotopic (exact) mass is 322 g/mol. The second-order valence-electron chi connectivity index (χ2n) is 5.38. The fraction of sp³-hybridized carbons (Fsp3) is 0.833. The van der Waals surface area contributed by atoms with Crippen LogP contribution in [0, 0.1) is 0 Å². The van der Waals surface area contributed by atoms with E-state index in [1.54, 1.807) is 7.11 Å². The number of amides is 2. The molecule has 1 aliphatic rings. The van der Waals surface area contributed by atoms with Crippen LogP contribution in [0.5, 0.6) is 0 Å². The van der Waals surface area contributed by atoms with Gasteiger partial charge < -0.3 is 20.5 Å². The first kappa shape index (κ1) is 17.7. The Kier molecular flexibility index (Phi) is 5.97. The van der Waals surface area contributed by atoms with Crippen molar-refractivity contribution in [3.8, 4) is 0 Å². The van der Waals surface area contributed by atoms with E-state index in [1.807, 2.05) is 0 Å². The fourth-order valence-corrected chi connectivity index (χ4v) is 2.73. The largest absolute Gasteiger partial charge is 0.480 e. The number of carbonyl (C=O) groups is 2. The molecule has 0 heterocycles. The number of hydrogen-bond acceptors (Lipinski definition) is 5. The van der Waals surface area contributed by atoms with E-state index in [0.717, 1.165) is 25.5 Å². The molecule has 2 amide bonds. The van der Waals surface area contributed by atoms with Crippen molar-refractivity contribution in [3.05, 3.63) is 0 Å². The molecule has 9 heteroatoms. The maximum absolute atomic E-state index is 11.7. The van der Waals surface area contributed by atoms with Crippen LogP contribution in [0.25, 0.3) is 0 Å². The minimum atomic E-state index is -3.28. The average molecular weight is 322 g/mol. The van der Waals surface area contributed by atoms with E-state index in [4.69, 9.17) is 9.84 Å². The van der Waals surface area contributed by atoms with Crippen molar-refractivity contribution in [2.45, 2.75) is 37.3 Å². The standard InChI is InChI=1S/C12H22N2O6S/c1-20-12(5-3-6-12)8-13-11(17)14-9(10(15)16)4-7-21(2,18)19/h9H,3-8H2,1-2H3,(H,15,16)(H2,13,14,17). The van der Waals surface area contributed by atoms with Gasteiger partial charge in [-0.15, -0.1) is 0 Å². The lowest BCUT2D eigenvalue weighted by molar-refractivity contribution is -0.139. The topological polar surface area (TPSA) is 122 Å². The van der Waals surface area contributed by atoms with Crippen molar-refractivity contribution >= 4 is 21.8 Å². The number of ether oxygens (including phenoxy) is 1. The fourth-order valence-electron chi connectivity index (χ4n) is 2.06. The lowest BCUT2D eigenvalue weighted by Gasteiger charge is -2.40. The maximum Gasteiger partial charge on any atom is 0.326 e. The molecule has 0 radical (unpaired) electrons. The Morgan fingerprint density at radius 2 is 2.00 bits per heavy atom. The van der Waals surface area contributed by atoms with Crippen LogP contribution < -0.4 is 10.6 Å². The second kappa shape index (κ2) is 7.08. The number of methoxy groups -OCH3 is 1. The average Bonchev–Trinajstić information content (AvgIpc) is 2.32. The number of hydrogen-bond donors (Lipinski definition) is 3. The summed E-state index contributed by atoms with van der Waals surface area (Å²) in [5, 5.41) is 13.8. The molecule has 3 N–H and O–H groups in total. The van der Waals surface area contributed by atoms with E-state index < -0.39 is 27.9 Å². The summed E-state index contributed by atoms with van der Waals surface area (Å²) in [7, 11) is -1.70. The summed E-state index contributed by atoms with van der Waals surface area (Å²) in [6, 6.07) is -1.88. The van der Waals surface area contributed by atoms with E-state index in [1.165, 1.54) is 0 Å². The molecule has 0 aromatic carbocycles. The zero-order chi connectivity index (χ0) is 16.1. The first-order chi connectivity index (χ1) is 9.67. The van der Waals surface area contributed by atoms with E-state index in [9.17, 15) is 18.0 Å². The molecule has 1 rings (SSSR count). The molecule has 1 atom stereocenters. The van der Waals surface area contributed by atoms with E-state index in [2.05, 4.69) is 10.6 Å². The van der Waals surface area contributed by atoms with Crippen molar-refractivity contribution in [2.75, 3.05) is 25.7 Å². The van der Waals surface area contributed by atoms with Gasteiger partial charge in [0.05, 0.1) is 11.4 Å². The van der Waals surface area contributed by atoms with Gasteiger partial charge in [-0.1, -0.05) is 0 Å². The predicted octanol–water partition coefficient (Wildman–Crippen LogP) is -0.257. The number of nitrogens with one attached hydrogen (secondary N) is 2. The summed E-state index contributed by atoms with van der Waals surface area (Å²) >= 11 is 0. The minimum Gasteiger partial charge on any atom is -0.480 e. The summed E-state index contributed by atoms with van der Waals surface area (Å²) in [6.45, 7) is 0.299. The summed E-state index contributed by atoms with van der Waals surface area (Å²) in [4.78, 5) is 22.7. The maximum atomic E-state index is 11.7. The molecule has 1 unspecified atom stereocenters. The van der Waals surface area contributed by atoms with Crippen LogP contribution in [0.15, 0.2) is 0 Å². The van der Waals surface area contributed by atoms with Crippen LogP contribution in [0.3, 0.4) is 0 Å². The highest BCUT2D eigenvalue weighted by Gasteiger charge is 2.37. The molecule has 0 aromatic rings. The number of carboxylic acids is 1. The Labute approximate surface area is 124 Å². The number of carbonyl (C=O) groups excluding carboxylic acids is 1. The summed E-state index contributed by atoms with van der Waals surface area (Å²) in [6.07, 6.45) is 3.58. The van der Waals surface area contributed by atoms with Gasteiger partial charge in [-0.25, -0.2) is 18.0 Å². The van der Waals surface area contributed by atoms with Crippen molar-refractivity contribution < 1.29 is 27.9 Å². The first-order valence-corrected chi connectivity index (χ1v) is 8.73. The van der Waals surface area contributed by atoms with Gasteiger partial charge in [-0.2, -0.15) is 0 Å². The quantitative estimate of drug-likeness (QED) is 0.566. The van der Waals surface area contributed by atoms with Gasteiger partial charge in [0, 0.05) is 19.9 Å². The van der Waals surface area contributed by atoms with Crippen molar-refractivity contribution in [2.24, 2.45) is 0 Å². The van der Waals surface area contributed by atoms with Crippen LogP contribution >= 0.6 is 0 Å². The highest BCUT2D eigenvalue weighted by atomic mass is 32.2. The molecule has 122 valence electrons. The third-order valence-electron chi connectivity index (χ3n) is 3.65. The van der Waals surface area contributed by atoms with Gasteiger partial charge in [0.15, 0.2) is 0 Å². The molecule has 0 spiro atoms. The SMILES string of the molecule is COC1(CNC(=O)NC(CCS(C)(=O)=O)C(=O)O)CCC1. The predicted molar refractivity (Wildman–Crippen MR) is 75.9 cm³/mol. The van der Waals surface area contributed by atoms with Gasteiger partial charge in [-0.05, 0) is 25.7 Å². The van der Waals surface area contributed by atoms with Crippen LogP contribution in [0.4, 0.5) is 4.79 Å². The van der Waals surface area contributed by atoms with E-state index in [-0.39, 0.29) is 17.8 Å². The summed E-state index contributed by atoms with van der Waals surface area (Å²) in [5.74, 6) is -1.56. The number of carboxylic acid groups (broad SMARTS) is 1. The Balaban J connectivity index is 2.43. The van der Waals surface area contributed by atoms with E-state index >= 15 is 0 Å². The Morgan fingerprint density at radius 1 is 1.38 bits per heavy atom. The lowest BCUT2D eigenvalue weighted by atomic mass is 9.80. The van der Waals surface area contributed by atoms with Crippen molar-refractivity contribution in [3.63, 3.8) is 0 Å². The zero-order valence-corrected chi connectivity index (χ0v) is 13.0. The molecule has 0 aromatic heterocycles. The number of rotatable bonds is 8. The number of aliphatic carboxylic acids is 1. The van der Waals surface area contributed by atoms with Crippen LogP contribution in [0.2, 0.25) is 0 Å². The van der Waals surface area contributed by atoms with Crippen LogP contribution in [0.1, 0.15) is 25.7 Å². The molecule has 0 saturated heterocycles. The van der Waals surface area contributed by atoms with E-state index in [0.29, 0.717) is 6.54 Å². The van der Waals surface area contributed by atoms with Gasteiger partial charge in [0.2, 0.25) is 0 Å². The Morgan fingerprint density at radius 3 is 2.38 bits per heavy atom. The first-order valence-electron chi connectivity index (χ1n) is 6.67. The molecule has 1 saturated carbocycles. The third-order valence-corrected chi connectivity index (χ3v) is 4.63. The minimum absolute atomic E-state index is 0.170. The molecule has 1 fully saturated rings. The van der Waals surface area contributed by atoms with Gasteiger partial charge in [0.1, 0.15) is 15.9 Å². The molecule has 0 aliphatic heterocycles. The van der Waals surface area contributed by atoms with Gasteiger partial charge in [0.25, 0.3) is 0 Å². The Bertz CT molecular complexity index is 480. The highest BCUT2D eigenvalue weighted by Crippen LogP contribution is 2.34. The zero-order valence-electron chi connectivity index (χ0n) is 12.2. The second-order valence-corrected chi connectivity index (χ2v) is 7.64. The van der Waals surface area contributed by atoms with Crippen LogP contribution in [-0.2, 0) is 19.4 Å². The van der Waals surface area contributed by atoms with Crippen LogP contribution in [-0.4, -0.2) is 62.8 Å². The molecular formula is C12H22N2O6S. The molecule has 8 nitrogen and oxygen atoms in total. The molecular weight excluding hydrogens is 300 g/mol. The highest BCUT2D eigenvalue weighted by molar-refractivity contribution is 7.90. The molecule has 21 heavy (non-hydrogen) atoms. The molecule has 0 bridgehead atoms.